The van der Waals surface area contributed by atoms with Crippen LogP contribution in [0.25, 0.3) is 0 Å². The second-order valence-corrected chi connectivity index (χ2v) is 4.71. The molecule has 2 atom stereocenters. The third kappa shape index (κ3) is 1.99. The van der Waals surface area contributed by atoms with Crippen LogP contribution in [0, 0.1) is 10.1 Å². The van der Waals surface area contributed by atoms with E-state index in [9.17, 15) is 10.1 Å². The molecule has 0 bridgehead atoms. The molecule has 1 aliphatic rings. The van der Waals surface area contributed by atoms with E-state index in [-0.39, 0.29) is 10.6 Å². The van der Waals surface area contributed by atoms with Crippen molar-refractivity contribution >= 4 is 5.69 Å². The van der Waals surface area contributed by atoms with E-state index < -0.39 is 0 Å². The number of nitrogens with zero attached hydrogens (tertiary/aromatic N) is 1. The molecule has 0 amide bonds. The van der Waals surface area contributed by atoms with Gasteiger partial charge in [-0.1, -0.05) is 42.5 Å². The number of hydrogen-bond donors (Lipinski definition) is 0. The van der Waals surface area contributed by atoms with Crippen molar-refractivity contribution in [1.29, 1.82) is 0 Å². The van der Waals surface area contributed by atoms with Gasteiger partial charge in [0.05, 0.1) is 4.92 Å². The highest BCUT2D eigenvalue weighted by atomic mass is 16.6. The summed E-state index contributed by atoms with van der Waals surface area (Å²) in [4.78, 5) is 10.2. The molecule has 2 aromatic carbocycles. The van der Waals surface area contributed by atoms with E-state index in [1.807, 2.05) is 18.2 Å². The SMILES string of the molecule is O=[N+]([O-])c1ccc([C@@H]2C[C@@H]2c2ccccc2)cc1. The average molecular weight is 239 g/mol. The lowest BCUT2D eigenvalue weighted by Gasteiger charge is -2.01. The van der Waals surface area contributed by atoms with Crippen molar-refractivity contribution in [2.24, 2.45) is 0 Å². The molecule has 0 spiro atoms. The second-order valence-electron chi connectivity index (χ2n) is 4.71. The van der Waals surface area contributed by atoms with Gasteiger partial charge >= 0.3 is 0 Å². The van der Waals surface area contributed by atoms with Gasteiger partial charge in [0.2, 0.25) is 0 Å². The second kappa shape index (κ2) is 4.26. The molecule has 1 saturated carbocycles. The Morgan fingerprint density at radius 1 is 0.889 bits per heavy atom. The van der Waals surface area contributed by atoms with E-state index in [1.165, 1.54) is 11.1 Å². The molecule has 0 aromatic heterocycles. The van der Waals surface area contributed by atoms with Crippen molar-refractivity contribution in [1.82, 2.24) is 0 Å². The normalized spacial score (nSPS) is 21.6. The fourth-order valence-corrected chi connectivity index (χ4v) is 2.48. The maximum atomic E-state index is 10.6. The summed E-state index contributed by atoms with van der Waals surface area (Å²) in [6, 6.07) is 17.4. The van der Waals surface area contributed by atoms with Crippen molar-refractivity contribution in [3.05, 3.63) is 75.8 Å². The predicted molar refractivity (Wildman–Crippen MR) is 69.6 cm³/mol. The zero-order valence-corrected chi connectivity index (χ0v) is 9.82. The summed E-state index contributed by atoms with van der Waals surface area (Å²) in [5, 5.41) is 10.6. The maximum Gasteiger partial charge on any atom is 0.269 e. The summed E-state index contributed by atoms with van der Waals surface area (Å²) >= 11 is 0. The van der Waals surface area contributed by atoms with Crippen LogP contribution >= 0.6 is 0 Å². The number of nitro groups is 1. The molecule has 3 heteroatoms. The van der Waals surface area contributed by atoms with Gasteiger partial charge < -0.3 is 0 Å². The Kier molecular flexibility index (Phi) is 2.59. The number of benzene rings is 2. The first-order chi connectivity index (χ1) is 8.75. The van der Waals surface area contributed by atoms with E-state index in [0.717, 1.165) is 6.42 Å². The van der Waals surface area contributed by atoms with Crippen LogP contribution < -0.4 is 0 Å². The predicted octanol–water partition coefficient (Wildman–Crippen LogP) is 3.87. The van der Waals surface area contributed by atoms with Gasteiger partial charge in [0.15, 0.2) is 0 Å². The highest BCUT2D eigenvalue weighted by molar-refractivity contribution is 5.40. The fraction of sp³-hybridized carbons (Fsp3) is 0.200. The number of hydrogen-bond acceptors (Lipinski definition) is 2. The summed E-state index contributed by atoms with van der Waals surface area (Å²) < 4.78 is 0. The molecule has 0 aliphatic heterocycles. The minimum atomic E-state index is -0.356. The number of nitro benzene ring substituents is 1. The lowest BCUT2D eigenvalue weighted by atomic mass is 10.0. The van der Waals surface area contributed by atoms with E-state index in [1.54, 1.807) is 12.1 Å². The lowest BCUT2D eigenvalue weighted by molar-refractivity contribution is -0.384. The first kappa shape index (κ1) is 11.0. The third-order valence-electron chi connectivity index (χ3n) is 3.55. The topological polar surface area (TPSA) is 43.1 Å². The van der Waals surface area contributed by atoms with Crippen LogP contribution in [0.4, 0.5) is 5.69 Å². The van der Waals surface area contributed by atoms with E-state index >= 15 is 0 Å². The van der Waals surface area contributed by atoms with Gasteiger partial charge in [-0.3, -0.25) is 10.1 Å². The summed E-state index contributed by atoms with van der Waals surface area (Å²) in [7, 11) is 0. The Bertz CT molecular complexity index is 563. The van der Waals surface area contributed by atoms with Crippen LogP contribution in [0.5, 0.6) is 0 Å². The zero-order valence-electron chi connectivity index (χ0n) is 9.82. The van der Waals surface area contributed by atoms with E-state index in [4.69, 9.17) is 0 Å². The van der Waals surface area contributed by atoms with Crippen molar-refractivity contribution in [3.63, 3.8) is 0 Å². The van der Waals surface area contributed by atoms with Gasteiger partial charge in [-0.05, 0) is 29.4 Å². The van der Waals surface area contributed by atoms with Gasteiger partial charge in [0.25, 0.3) is 5.69 Å². The minimum Gasteiger partial charge on any atom is -0.258 e. The molecule has 0 unspecified atom stereocenters. The largest absolute Gasteiger partial charge is 0.269 e. The van der Waals surface area contributed by atoms with Crippen molar-refractivity contribution in [2.45, 2.75) is 18.3 Å². The average Bonchev–Trinajstić information content (AvgIpc) is 3.20. The van der Waals surface area contributed by atoms with Crippen LogP contribution in [0.3, 0.4) is 0 Å². The maximum absolute atomic E-state index is 10.6. The Labute approximate surface area is 105 Å². The van der Waals surface area contributed by atoms with Crippen LogP contribution in [-0.4, -0.2) is 4.92 Å². The molecule has 90 valence electrons. The Morgan fingerprint density at radius 3 is 2.00 bits per heavy atom. The van der Waals surface area contributed by atoms with Crippen molar-refractivity contribution in [2.75, 3.05) is 0 Å². The lowest BCUT2D eigenvalue weighted by Crippen LogP contribution is -1.89. The fourth-order valence-electron chi connectivity index (χ4n) is 2.48. The molecule has 18 heavy (non-hydrogen) atoms. The highest BCUT2D eigenvalue weighted by Gasteiger charge is 2.39. The molecule has 0 N–H and O–H groups in total. The molecule has 1 aliphatic carbocycles. The molecule has 0 heterocycles. The molecule has 0 saturated heterocycles. The van der Waals surface area contributed by atoms with Gasteiger partial charge in [0.1, 0.15) is 0 Å². The first-order valence-corrected chi connectivity index (χ1v) is 6.05. The van der Waals surface area contributed by atoms with Crippen molar-refractivity contribution in [3.8, 4) is 0 Å². The van der Waals surface area contributed by atoms with E-state index in [0.29, 0.717) is 11.8 Å². The Morgan fingerprint density at radius 2 is 1.44 bits per heavy atom. The van der Waals surface area contributed by atoms with Gasteiger partial charge in [-0.15, -0.1) is 0 Å². The standard InChI is InChI=1S/C15H13NO2/c17-16(18)13-8-6-12(7-9-13)15-10-14(15)11-4-2-1-3-5-11/h1-9,14-15H,10H2/t14-,15+/m1/s1. The Hall–Kier alpha value is -2.16. The first-order valence-electron chi connectivity index (χ1n) is 6.05. The van der Waals surface area contributed by atoms with Gasteiger partial charge in [-0.2, -0.15) is 0 Å². The van der Waals surface area contributed by atoms with Crippen LogP contribution in [0.1, 0.15) is 29.4 Å². The molecular weight excluding hydrogens is 226 g/mol. The van der Waals surface area contributed by atoms with E-state index in [2.05, 4.69) is 24.3 Å². The molecular formula is C15H13NO2. The molecule has 0 radical (unpaired) electrons. The van der Waals surface area contributed by atoms with Crippen LogP contribution in [-0.2, 0) is 0 Å². The minimum absolute atomic E-state index is 0.163. The van der Waals surface area contributed by atoms with Crippen LogP contribution in [0.2, 0.25) is 0 Å². The van der Waals surface area contributed by atoms with Crippen molar-refractivity contribution < 1.29 is 4.92 Å². The summed E-state index contributed by atoms with van der Waals surface area (Å²) in [6.45, 7) is 0. The molecule has 3 rings (SSSR count). The number of rotatable bonds is 3. The molecule has 3 nitrogen and oxygen atoms in total. The Balaban J connectivity index is 1.77. The monoisotopic (exact) mass is 239 g/mol. The summed E-state index contributed by atoms with van der Waals surface area (Å²) in [5.74, 6) is 1.10. The zero-order chi connectivity index (χ0) is 12.5. The summed E-state index contributed by atoms with van der Waals surface area (Å²) in [5.41, 5.74) is 2.73. The number of non-ortho nitro benzene ring substituents is 1. The molecule has 1 fully saturated rings. The quantitative estimate of drug-likeness (QED) is 0.602. The molecule has 2 aromatic rings. The smallest absolute Gasteiger partial charge is 0.258 e. The van der Waals surface area contributed by atoms with Gasteiger partial charge in [-0.25, -0.2) is 0 Å². The summed E-state index contributed by atoms with van der Waals surface area (Å²) in [6.07, 6.45) is 1.14. The highest BCUT2D eigenvalue weighted by Crippen LogP contribution is 2.54. The third-order valence-corrected chi connectivity index (χ3v) is 3.55. The van der Waals surface area contributed by atoms with Gasteiger partial charge in [0, 0.05) is 12.1 Å². The van der Waals surface area contributed by atoms with Crippen LogP contribution in [0.15, 0.2) is 54.6 Å².